The van der Waals surface area contributed by atoms with Gasteiger partial charge in [-0.05, 0) is 48.5 Å². The number of hydrogen-bond acceptors (Lipinski definition) is 7. The van der Waals surface area contributed by atoms with Gasteiger partial charge in [-0.25, -0.2) is 17.7 Å². The molecule has 2 saturated heterocycles. The molecule has 9 nitrogen and oxygen atoms in total. The predicted octanol–water partition coefficient (Wildman–Crippen LogP) is 1.35. The van der Waals surface area contributed by atoms with E-state index in [1.54, 1.807) is 0 Å². The Morgan fingerprint density at radius 3 is 2.32 bits per heavy atom. The van der Waals surface area contributed by atoms with Gasteiger partial charge in [0.1, 0.15) is 11.9 Å². The molecular weight excluding hydrogens is 463 g/mol. The molecule has 0 radical (unpaired) electrons. The molecule has 0 spiro atoms. The van der Waals surface area contributed by atoms with E-state index < -0.39 is 33.7 Å². The van der Waals surface area contributed by atoms with Crippen LogP contribution in [0, 0.1) is 17.1 Å². The van der Waals surface area contributed by atoms with Gasteiger partial charge >= 0.3 is 0 Å². The van der Waals surface area contributed by atoms with Crippen molar-refractivity contribution in [3.63, 3.8) is 0 Å². The lowest BCUT2D eigenvalue weighted by atomic mass is 10.2. The number of anilines is 1. The van der Waals surface area contributed by atoms with Crippen LogP contribution in [0.1, 0.15) is 12.0 Å². The smallest absolute Gasteiger partial charge is 0.252 e. The van der Waals surface area contributed by atoms with Crippen LogP contribution in [0.5, 0.6) is 0 Å². The number of carbonyl (C=O) groups is 2. The molecular formula is C23H23FN4O5S. The molecule has 0 saturated carbocycles. The van der Waals surface area contributed by atoms with Crippen molar-refractivity contribution >= 4 is 27.5 Å². The van der Waals surface area contributed by atoms with E-state index in [1.165, 1.54) is 24.3 Å². The molecule has 2 aromatic carbocycles. The number of nitriles is 1. The Morgan fingerprint density at radius 2 is 1.71 bits per heavy atom. The average molecular weight is 487 g/mol. The first kappa shape index (κ1) is 24.0. The molecule has 1 unspecified atom stereocenters. The van der Waals surface area contributed by atoms with Gasteiger partial charge in [0.2, 0.25) is 15.9 Å². The molecule has 178 valence electrons. The maximum Gasteiger partial charge on any atom is 0.252 e. The molecule has 2 aliphatic heterocycles. The largest absolute Gasteiger partial charge is 0.379 e. The van der Waals surface area contributed by atoms with E-state index in [2.05, 4.69) is 0 Å². The zero-order valence-corrected chi connectivity index (χ0v) is 19.1. The Morgan fingerprint density at radius 1 is 1.06 bits per heavy atom. The molecule has 2 fully saturated rings. The monoisotopic (exact) mass is 486 g/mol. The van der Waals surface area contributed by atoms with Gasteiger partial charge in [0.05, 0.1) is 41.9 Å². The van der Waals surface area contributed by atoms with E-state index in [0.29, 0.717) is 38.4 Å². The summed E-state index contributed by atoms with van der Waals surface area (Å²) in [4.78, 5) is 29.0. The Hall–Kier alpha value is -3.17. The van der Waals surface area contributed by atoms with Crippen molar-refractivity contribution in [2.75, 3.05) is 44.3 Å². The van der Waals surface area contributed by atoms with Crippen LogP contribution in [-0.4, -0.2) is 74.9 Å². The molecule has 34 heavy (non-hydrogen) atoms. The summed E-state index contributed by atoms with van der Waals surface area (Å²) in [7, 11) is -4.21. The fourth-order valence-corrected chi connectivity index (χ4v) is 5.62. The Balaban J connectivity index is 1.64. The van der Waals surface area contributed by atoms with Crippen molar-refractivity contribution in [2.45, 2.75) is 17.4 Å². The minimum absolute atomic E-state index is 0.0232. The van der Waals surface area contributed by atoms with E-state index in [1.807, 2.05) is 11.0 Å². The topological polar surface area (TPSA) is 111 Å². The van der Waals surface area contributed by atoms with E-state index in [0.717, 1.165) is 33.5 Å². The van der Waals surface area contributed by atoms with E-state index in [4.69, 9.17) is 10.00 Å². The quantitative estimate of drug-likeness (QED) is 0.543. The first-order valence-electron chi connectivity index (χ1n) is 10.8. The van der Waals surface area contributed by atoms with Crippen LogP contribution in [0.2, 0.25) is 0 Å². The van der Waals surface area contributed by atoms with Crippen LogP contribution >= 0.6 is 0 Å². The lowest BCUT2D eigenvalue weighted by Gasteiger charge is -2.31. The van der Waals surface area contributed by atoms with E-state index in [9.17, 15) is 22.4 Å². The van der Waals surface area contributed by atoms with Crippen molar-refractivity contribution in [2.24, 2.45) is 0 Å². The first-order valence-corrected chi connectivity index (χ1v) is 12.2. The van der Waals surface area contributed by atoms with Crippen LogP contribution in [0.25, 0.3) is 0 Å². The number of ether oxygens (including phenoxy) is 1. The Bertz CT molecular complexity index is 1210. The van der Waals surface area contributed by atoms with Gasteiger partial charge in [-0.15, -0.1) is 0 Å². The normalized spacial score (nSPS) is 19.6. The molecule has 0 bridgehead atoms. The van der Waals surface area contributed by atoms with Crippen molar-refractivity contribution in [3.05, 3.63) is 59.9 Å². The highest BCUT2D eigenvalue weighted by molar-refractivity contribution is 7.89. The van der Waals surface area contributed by atoms with Gasteiger partial charge in [-0.3, -0.25) is 14.5 Å². The third-order valence-electron chi connectivity index (χ3n) is 5.89. The third kappa shape index (κ3) is 4.85. The summed E-state index contributed by atoms with van der Waals surface area (Å²) in [5.41, 5.74) is 0.634. The molecule has 0 aromatic heterocycles. The standard InChI is InChI=1S/C23H23FN4O5S/c24-18-3-7-20(8-4-18)34(31,32)27(10-9-26-11-13-33-14-12-26)21-15-22(29)28(23(21)30)19-5-1-17(16-25)2-6-19/h1-8,21H,9-15H2. The summed E-state index contributed by atoms with van der Waals surface area (Å²) < 4.78 is 46.8. The lowest BCUT2D eigenvalue weighted by molar-refractivity contribution is -0.122. The second kappa shape index (κ2) is 9.99. The third-order valence-corrected chi connectivity index (χ3v) is 7.81. The fourth-order valence-electron chi connectivity index (χ4n) is 4.05. The lowest BCUT2D eigenvalue weighted by Crippen LogP contribution is -2.49. The van der Waals surface area contributed by atoms with Crippen LogP contribution in [0.3, 0.4) is 0 Å². The summed E-state index contributed by atoms with van der Waals surface area (Å²) >= 11 is 0. The zero-order chi connectivity index (χ0) is 24.3. The maximum atomic E-state index is 13.5. The molecule has 2 heterocycles. The number of carbonyl (C=O) groups excluding carboxylic acids is 2. The molecule has 11 heteroatoms. The highest BCUT2D eigenvalue weighted by atomic mass is 32.2. The number of amides is 2. The highest BCUT2D eigenvalue weighted by Crippen LogP contribution is 2.29. The maximum absolute atomic E-state index is 13.5. The summed E-state index contributed by atoms with van der Waals surface area (Å²) in [6.07, 6.45) is -0.317. The number of nitrogens with zero attached hydrogens (tertiary/aromatic N) is 4. The van der Waals surface area contributed by atoms with Crippen LogP contribution in [-0.2, 0) is 24.3 Å². The number of morpholine rings is 1. The van der Waals surface area contributed by atoms with Crippen LogP contribution in [0.15, 0.2) is 53.4 Å². The van der Waals surface area contributed by atoms with Gasteiger partial charge in [0.15, 0.2) is 0 Å². The van der Waals surface area contributed by atoms with Crippen LogP contribution < -0.4 is 4.90 Å². The van der Waals surface area contributed by atoms with Crippen LogP contribution in [0.4, 0.5) is 10.1 Å². The molecule has 0 aliphatic carbocycles. The number of hydrogen-bond donors (Lipinski definition) is 0. The summed E-state index contributed by atoms with van der Waals surface area (Å²) in [6, 6.07) is 11.0. The summed E-state index contributed by atoms with van der Waals surface area (Å²) in [5.74, 6) is -1.79. The minimum atomic E-state index is -4.21. The van der Waals surface area contributed by atoms with Crippen molar-refractivity contribution in [1.29, 1.82) is 5.26 Å². The van der Waals surface area contributed by atoms with Crippen molar-refractivity contribution in [1.82, 2.24) is 9.21 Å². The molecule has 1 atom stereocenters. The van der Waals surface area contributed by atoms with E-state index in [-0.39, 0.29) is 23.5 Å². The Labute approximate surface area is 197 Å². The first-order chi connectivity index (χ1) is 16.3. The summed E-state index contributed by atoms with van der Waals surface area (Å²) in [5, 5.41) is 8.99. The number of imide groups is 1. The number of halogens is 1. The fraction of sp³-hybridized carbons (Fsp3) is 0.348. The van der Waals surface area contributed by atoms with Crippen molar-refractivity contribution in [3.8, 4) is 6.07 Å². The second-order valence-electron chi connectivity index (χ2n) is 7.97. The Kier molecular flexibility index (Phi) is 7.04. The molecule has 4 rings (SSSR count). The molecule has 0 N–H and O–H groups in total. The highest BCUT2D eigenvalue weighted by Gasteiger charge is 2.47. The number of sulfonamides is 1. The van der Waals surface area contributed by atoms with Gasteiger partial charge in [-0.2, -0.15) is 9.57 Å². The summed E-state index contributed by atoms with van der Waals surface area (Å²) in [6.45, 7) is 2.62. The molecule has 2 amide bonds. The van der Waals surface area contributed by atoms with E-state index >= 15 is 0 Å². The van der Waals surface area contributed by atoms with Gasteiger partial charge in [-0.1, -0.05) is 0 Å². The second-order valence-corrected chi connectivity index (χ2v) is 9.86. The minimum Gasteiger partial charge on any atom is -0.379 e. The molecule has 2 aromatic rings. The molecule has 2 aliphatic rings. The predicted molar refractivity (Wildman–Crippen MR) is 120 cm³/mol. The van der Waals surface area contributed by atoms with Gasteiger partial charge in [0.25, 0.3) is 5.91 Å². The van der Waals surface area contributed by atoms with Gasteiger partial charge < -0.3 is 4.74 Å². The average Bonchev–Trinajstić information content (AvgIpc) is 3.13. The number of benzene rings is 2. The van der Waals surface area contributed by atoms with Crippen molar-refractivity contribution < 1.29 is 27.1 Å². The van der Waals surface area contributed by atoms with Gasteiger partial charge in [0, 0.05) is 26.2 Å². The number of rotatable bonds is 7. The zero-order valence-electron chi connectivity index (χ0n) is 18.3. The SMILES string of the molecule is N#Cc1ccc(N2C(=O)CC(N(CCN3CCOCC3)S(=O)(=O)c3ccc(F)cc3)C2=O)cc1.